The SMILES string of the molecule is COc1ccccc1CCNC(=O)CCC1CCCCN1. The van der Waals surface area contributed by atoms with E-state index in [2.05, 4.69) is 10.6 Å². The number of hydrogen-bond donors (Lipinski definition) is 2. The number of amides is 1. The maximum atomic E-state index is 11.9. The standard InChI is InChI=1S/C17H26N2O2/c1-21-16-8-3-2-6-14(16)11-13-19-17(20)10-9-15-7-4-5-12-18-15/h2-3,6,8,15,18H,4-5,7,9-13H2,1H3,(H,19,20). The Labute approximate surface area is 127 Å². The van der Waals surface area contributed by atoms with Gasteiger partial charge in [0, 0.05) is 19.0 Å². The summed E-state index contributed by atoms with van der Waals surface area (Å²) < 4.78 is 5.31. The third-order valence-corrected chi connectivity index (χ3v) is 4.04. The van der Waals surface area contributed by atoms with Crippen molar-refractivity contribution in [3.8, 4) is 5.75 Å². The van der Waals surface area contributed by atoms with Gasteiger partial charge in [-0.1, -0.05) is 24.6 Å². The molecule has 1 aliphatic heterocycles. The second-order valence-electron chi connectivity index (χ2n) is 5.60. The third kappa shape index (κ3) is 5.38. The van der Waals surface area contributed by atoms with E-state index in [1.165, 1.54) is 19.3 Å². The minimum absolute atomic E-state index is 0.150. The number of benzene rings is 1. The summed E-state index contributed by atoms with van der Waals surface area (Å²) in [5, 5.41) is 6.47. The van der Waals surface area contributed by atoms with Crippen molar-refractivity contribution in [1.29, 1.82) is 0 Å². The predicted octanol–water partition coefficient (Wildman–Crippen LogP) is 2.28. The summed E-state index contributed by atoms with van der Waals surface area (Å²) in [6, 6.07) is 8.47. The molecule has 0 aliphatic carbocycles. The van der Waals surface area contributed by atoms with Gasteiger partial charge in [0.1, 0.15) is 5.75 Å². The van der Waals surface area contributed by atoms with Crippen LogP contribution in [-0.2, 0) is 11.2 Å². The molecule has 1 saturated heterocycles. The monoisotopic (exact) mass is 290 g/mol. The maximum absolute atomic E-state index is 11.9. The molecule has 0 bridgehead atoms. The van der Waals surface area contributed by atoms with E-state index in [4.69, 9.17) is 4.74 Å². The maximum Gasteiger partial charge on any atom is 0.220 e. The first-order valence-electron chi connectivity index (χ1n) is 7.91. The van der Waals surface area contributed by atoms with Crippen molar-refractivity contribution >= 4 is 5.91 Å². The topological polar surface area (TPSA) is 50.4 Å². The number of nitrogens with one attached hydrogen (secondary N) is 2. The van der Waals surface area contributed by atoms with E-state index in [1.54, 1.807) is 7.11 Å². The van der Waals surface area contributed by atoms with E-state index in [9.17, 15) is 4.79 Å². The summed E-state index contributed by atoms with van der Waals surface area (Å²) in [4.78, 5) is 11.9. The normalized spacial score (nSPS) is 18.2. The highest BCUT2D eigenvalue weighted by Crippen LogP contribution is 2.17. The van der Waals surface area contributed by atoms with E-state index in [0.29, 0.717) is 19.0 Å². The molecule has 1 atom stereocenters. The van der Waals surface area contributed by atoms with Crippen LogP contribution < -0.4 is 15.4 Å². The minimum Gasteiger partial charge on any atom is -0.496 e. The number of carbonyl (C=O) groups is 1. The number of hydrogen-bond acceptors (Lipinski definition) is 3. The lowest BCUT2D eigenvalue weighted by Crippen LogP contribution is -2.35. The number of methoxy groups -OCH3 is 1. The molecule has 1 amide bonds. The Bertz CT molecular complexity index is 442. The van der Waals surface area contributed by atoms with Gasteiger partial charge in [-0.05, 0) is 43.9 Å². The number of piperidine rings is 1. The van der Waals surface area contributed by atoms with Crippen LogP contribution in [0.15, 0.2) is 24.3 Å². The molecule has 0 saturated carbocycles. The molecule has 116 valence electrons. The fourth-order valence-electron chi connectivity index (χ4n) is 2.81. The molecule has 1 aromatic carbocycles. The van der Waals surface area contributed by atoms with Crippen LogP contribution in [0.1, 0.15) is 37.7 Å². The predicted molar refractivity (Wildman–Crippen MR) is 84.6 cm³/mol. The van der Waals surface area contributed by atoms with Gasteiger partial charge in [-0.15, -0.1) is 0 Å². The quantitative estimate of drug-likeness (QED) is 0.810. The van der Waals surface area contributed by atoms with Crippen molar-refractivity contribution in [3.63, 3.8) is 0 Å². The second-order valence-corrected chi connectivity index (χ2v) is 5.60. The number of rotatable bonds is 7. The first kappa shape index (κ1) is 15.8. The number of ether oxygens (including phenoxy) is 1. The van der Waals surface area contributed by atoms with E-state index in [1.807, 2.05) is 24.3 Å². The van der Waals surface area contributed by atoms with Gasteiger partial charge in [-0.3, -0.25) is 4.79 Å². The Morgan fingerprint density at radius 3 is 3.00 bits per heavy atom. The Kier molecular flexibility index (Phi) is 6.54. The van der Waals surface area contributed by atoms with E-state index in [0.717, 1.165) is 30.7 Å². The first-order valence-corrected chi connectivity index (χ1v) is 7.91. The lowest BCUT2D eigenvalue weighted by Gasteiger charge is -2.23. The van der Waals surface area contributed by atoms with E-state index >= 15 is 0 Å². The highest BCUT2D eigenvalue weighted by atomic mass is 16.5. The Balaban J connectivity index is 1.64. The smallest absolute Gasteiger partial charge is 0.220 e. The van der Waals surface area contributed by atoms with Gasteiger partial charge < -0.3 is 15.4 Å². The zero-order valence-electron chi connectivity index (χ0n) is 12.9. The summed E-state index contributed by atoms with van der Waals surface area (Å²) in [6.07, 6.45) is 6.12. The lowest BCUT2D eigenvalue weighted by molar-refractivity contribution is -0.121. The Morgan fingerprint density at radius 2 is 2.24 bits per heavy atom. The van der Waals surface area contributed by atoms with Crippen LogP contribution in [0.3, 0.4) is 0 Å². The van der Waals surface area contributed by atoms with Crippen LogP contribution in [-0.4, -0.2) is 32.1 Å². The molecule has 21 heavy (non-hydrogen) atoms. The molecule has 4 heteroatoms. The molecule has 4 nitrogen and oxygen atoms in total. The minimum atomic E-state index is 0.150. The largest absolute Gasteiger partial charge is 0.496 e. The fraction of sp³-hybridized carbons (Fsp3) is 0.588. The average Bonchev–Trinajstić information content (AvgIpc) is 2.54. The van der Waals surface area contributed by atoms with Crippen LogP contribution >= 0.6 is 0 Å². The molecule has 2 N–H and O–H groups in total. The molecule has 1 heterocycles. The van der Waals surface area contributed by atoms with Crippen molar-refractivity contribution in [3.05, 3.63) is 29.8 Å². The van der Waals surface area contributed by atoms with Gasteiger partial charge in [-0.2, -0.15) is 0 Å². The summed E-state index contributed by atoms with van der Waals surface area (Å²) >= 11 is 0. The summed E-state index contributed by atoms with van der Waals surface area (Å²) in [7, 11) is 1.68. The van der Waals surface area contributed by atoms with Gasteiger partial charge in [0.05, 0.1) is 7.11 Å². The third-order valence-electron chi connectivity index (χ3n) is 4.04. The molecule has 0 aromatic heterocycles. The van der Waals surface area contributed by atoms with Crippen molar-refractivity contribution in [2.75, 3.05) is 20.2 Å². The summed E-state index contributed by atoms with van der Waals surface area (Å²) in [6.45, 7) is 1.76. The number of para-hydroxylation sites is 1. The van der Waals surface area contributed by atoms with Crippen molar-refractivity contribution in [2.24, 2.45) is 0 Å². The van der Waals surface area contributed by atoms with E-state index in [-0.39, 0.29) is 5.91 Å². The Morgan fingerprint density at radius 1 is 1.38 bits per heavy atom. The molecule has 0 spiro atoms. The van der Waals surface area contributed by atoms with Crippen LogP contribution in [0.4, 0.5) is 0 Å². The average molecular weight is 290 g/mol. The highest BCUT2D eigenvalue weighted by molar-refractivity contribution is 5.75. The summed E-state index contributed by atoms with van der Waals surface area (Å²) in [5.74, 6) is 1.04. The van der Waals surface area contributed by atoms with Crippen molar-refractivity contribution < 1.29 is 9.53 Å². The zero-order chi connectivity index (χ0) is 14.9. The Hall–Kier alpha value is -1.55. The molecule has 1 aromatic rings. The molecule has 1 fully saturated rings. The van der Waals surface area contributed by atoms with Gasteiger partial charge in [0.25, 0.3) is 0 Å². The zero-order valence-corrected chi connectivity index (χ0v) is 12.9. The molecule has 1 unspecified atom stereocenters. The van der Waals surface area contributed by atoms with Crippen LogP contribution in [0.25, 0.3) is 0 Å². The van der Waals surface area contributed by atoms with Crippen LogP contribution in [0.2, 0.25) is 0 Å². The van der Waals surface area contributed by atoms with Crippen molar-refractivity contribution in [1.82, 2.24) is 10.6 Å². The van der Waals surface area contributed by atoms with Gasteiger partial charge >= 0.3 is 0 Å². The summed E-state index contributed by atoms with van der Waals surface area (Å²) in [5.41, 5.74) is 1.13. The molecular weight excluding hydrogens is 264 g/mol. The van der Waals surface area contributed by atoms with Gasteiger partial charge in [0.15, 0.2) is 0 Å². The second kappa shape index (κ2) is 8.67. The van der Waals surface area contributed by atoms with Gasteiger partial charge in [0.2, 0.25) is 5.91 Å². The first-order chi connectivity index (χ1) is 10.3. The highest BCUT2D eigenvalue weighted by Gasteiger charge is 2.13. The van der Waals surface area contributed by atoms with Crippen molar-refractivity contribution in [2.45, 2.75) is 44.6 Å². The molecule has 1 aliphatic rings. The lowest BCUT2D eigenvalue weighted by atomic mass is 10.0. The van der Waals surface area contributed by atoms with Gasteiger partial charge in [-0.25, -0.2) is 0 Å². The van der Waals surface area contributed by atoms with Crippen LogP contribution in [0.5, 0.6) is 5.75 Å². The van der Waals surface area contributed by atoms with E-state index < -0.39 is 0 Å². The molecule has 0 radical (unpaired) electrons. The van der Waals surface area contributed by atoms with Crippen LogP contribution in [0, 0.1) is 0 Å². The molecular formula is C17H26N2O2. The molecule has 2 rings (SSSR count). The fourth-order valence-corrected chi connectivity index (χ4v) is 2.81. The number of carbonyl (C=O) groups excluding carboxylic acids is 1.